The zero-order chi connectivity index (χ0) is 16.0. The second-order valence-electron chi connectivity index (χ2n) is 4.68. The summed E-state index contributed by atoms with van der Waals surface area (Å²) >= 11 is 1.12. The van der Waals surface area contributed by atoms with Crippen LogP contribution in [0, 0.1) is 0 Å². The summed E-state index contributed by atoms with van der Waals surface area (Å²) in [5.41, 5.74) is 0. The molecule has 1 aromatic heterocycles. The molecule has 9 heteroatoms. The van der Waals surface area contributed by atoms with Crippen molar-refractivity contribution >= 4 is 21.4 Å². The SMILES string of the molecule is CC(O[C@@H](C)CNS(=O)(=O)c1cccs1)C(O)[C@H](O)CO. The highest BCUT2D eigenvalue weighted by atomic mass is 32.2. The number of aliphatic hydroxyl groups excluding tert-OH is 3. The molecule has 0 radical (unpaired) electrons. The highest BCUT2D eigenvalue weighted by molar-refractivity contribution is 7.91. The molecule has 0 fully saturated rings. The molecule has 0 aromatic carbocycles. The zero-order valence-electron chi connectivity index (χ0n) is 11.8. The van der Waals surface area contributed by atoms with E-state index in [9.17, 15) is 18.6 Å². The van der Waals surface area contributed by atoms with Gasteiger partial charge in [-0.25, -0.2) is 13.1 Å². The Morgan fingerprint density at radius 2 is 2.05 bits per heavy atom. The normalized spacial score (nSPS) is 18.1. The zero-order valence-corrected chi connectivity index (χ0v) is 13.5. The van der Waals surface area contributed by atoms with Gasteiger partial charge >= 0.3 is 0 Å². The molecule has 0 aliphatic rings. The van der Waals surface area contributed by atoms with Crippen LogP contribution >= 0.6 is 11.3 Å². The van der Waals surface area contributed by atoms with E-state index in [0.717, 1.165) is 11.3 Å². The third-order valence-electron chi connectivity index (χ3n) is 2.83. The van der Waals surface area contributed by atoms with E-state index in [1.54, 1.807) is 18.4 Å². The van der Waals surface area contributed by atoms with Gasteiger partial charge in [0.2, 0.25) is 10.0 Å². The summed E-state index contributed by atoms with van der Waals surface area (Å²) in [5, 5.41) is 29.4. The van der Waals surface area contributed by atoms with Crippen LogP contribution in [0.2, 0.25) is 0 Å². The molecule has 4 atom stereocenters. The number of thiophene rings is 1. The summed E-state index contributed by atoms with van der Waals surface area (Å²) < 4.78 is 31.8. The molecule has 0 aliphatic heterocycles. The Labute approximate surface area is 128 Å². The minimum Gasteiger partial charge on any atom is -0.394 e. The maximum absolute atomic E-state index is 11.9. The second kappa shape index (κ2) is 8.18. The van der Waals surface area contributed by atoms with E-state index in [-0.39, 0.29) is 10.8 Å². The predicted octanol–water partition coefficient (Wildman–Crippen LogP) is -0.466. The molecule has 0 amide bonds. The average Bonchev–Trinajstić information content (AvgIpc) is 2.98. The molecule has 1 heterocycles. The summed E-state index contributed by atoms with van der Waals surface area (Å²) in [6.07, 6.45) is -3.79. The Morgan fingerprint density at radius 3 is 2.57 bits per heavy atom. The molecule has 4 N–H and O–H groups in total. The van der Waals surface area contributed by atoms with Crippen molar-refractivity contribution in [1.29, 1.82) is 0 Å². The van der Waals surface area contributed by atoms with Gasteiger partial charge in [-0.2, -0.15) is 0 Å². The van der Waals surface area contributed by atoms with Gasteiger partial charge in [0, 0.05) is 6.54 Å². The molecule has 122 valence electrons. The largest absolute Gasteiger partial charge is 0.394 e. The molecule has 1 aromatic rings. The van der Waals surface area contributed by atoms with E-state index >= 15 is 0 Å². The number of aliphatic hydroxyl groups is 3. The van der Waals surface area contributed by atoms with Crippen LogP contribution in [0.4, 0.5) is 0 Å². The van der Waals surface area contributed by atoms with Crippen molar-refractivity contribution < 1.29 is 28.5 Å². The Bertz CT molecular complexity index is 504. The van der Waals surface area contributed by atoms with Crippen LogP contribution in [0.1, 0.15) is 13.8 Å². The molecular weight excluding hydrogens is 318 g/mol. The summed E-state index contributed by atoms with van der Waals surface area (Å²) in [7, 11) is -3.55. The van der Waals surface area contributed by atoms with E-state index in [4.69, 9.17) is 9.84 Å². The lowest BCUT2D eigenvalue weighted by Crippen LogP contribution is -2.42. The highest BCUT2D eigenvalue weighted by Crippen LogP contribution is 2.15. The van der Waals surface area contributed by atoms with Crippen LogP contribution in [-0.2, 0) is 14.8 Å². The first-order valence-electron chi connectivity index (χ1n) is 6.43. The number of ether oxygens (including phenoxy) is 1. The second-order valence-corrected chi connectivity index (χ2v) is 7.62. The van der Waals surface area contributed by atoms with E-state index in [1.165, 1.54) is 13.0 Å². The summed E-state index contributed by atoms with van der Waals surface area (Å²) in [5.74, 6) is 0. The van der Waals surface area contributed by atoms with Gasteiger partial charge in [0.1, 0.15) is 16.4 Å². The first-order chi connectivity index (χ1) is 9.77. The molecule has 1 rings (SSSR count). The maximum atomic E-state index is 11.9. The van der Waals surface area contributed by atoms with Gasteiger partial charge in [0.15, 0.2) is 0 Å². The Morgan fingerprint density at radius 1 is 1.38 bits per heavy atom. The van der Waals surface area contributed by atoms with Gasteiger partial charge in [-0.15, -0.1) is 11.3 Å². The van der Waals surface area contributed by atoms with Crippen LogP contribution in [0.5, 0.6) is 0 Å². The molecule has 2 unspecified atom stereocenters. The third kappa shape index (κ3) is 5.62. The fraction of sp³-hybridized carbons (Fsp3) is 0.667. The fourth-order valence-electron chi connectivity index (χ4n) is 1.63. The van der Waals surface area contributed by atoms with Crippen molar-refractivity contribution in [1.82, 2.24) is 4.72 Å². The van der Waals surface area contributed by atoms with Crippen molar-refractivity contribution in [2.24, 2.45) is 0 Å². The van der Waals surface area contributed by atoms with Gasteiger partial charge in [-0.3, -0.25) is 0 Å². The van der Waals surface area contributed by atoms with Gasteiger partial charge < -0.3 is 20.1 Å². The molecular formula is C12H21NO6S2. The highest BCUT2D eigenvalue weighted by Gasteiger charge is 2.25. The monoisotopic (exact) mass is 339 g/mol. The number of rotatable bonds is 9. The van der Waals surface area contributed by atoms with Crippen molar-refractivity contribution in [2.75, 3.05) is 13.2 Å². The number of hydrogen-bond acceptors (Lipinski definition) is 7. The Kier molecular flexibility index (Phi) is 7.21. The maximum Gasteiger partial charge on any atom is 0.250 e. The van der Waals surface area contributed by atoms with Gasteiger partial charge in [-0.05, 0) is 25.3 Å². The first kappa shape index (κ1) is 18.5. The topological polar surface area (TPSA) is 116 Å². The molecule has 0 spiro atoms. The van der Waals surface area contributed by atoms with Crippen LogP contribution in [0.15, 0.2) is 21.7 Å². The van der Waals surface area contributed by atoms with Crippen LogP contribution in [0.25, 0.3) is 0 Å². The van der Waals surface area contributed by atoms with E-state index in [1.807, 2.05) is 0 Å². The van der Waals surface area contributed by atoms with Crippen molar-refractivity contribution in [3.63, 3.8) is 0 Å². The van der Waals surface area contributed by atoms with Crippen molar-refractivity contribution in [3.8, 4) is 0 Å². The fourth-order valence-corrected chi connectivity index (χ4v) is 3.78. The lowest BCUT2D eigenvalue weighted by molar-refractivity contribution is -0.111. The van der Waals surface area contributed by atoms with E-state index in [2.05, 4.69) is 4.72 Å². The van der Waals surface area contributed by atoms with Crippen LogP contribution in [0.3, 0.4) is 0 Å². The van der Waals surface area contributed by atoms with E-state index < -0.39 is 41.0 Å². The Balaban J connectivity index is 2.46. The first-order valence-corrected chi connectivity index (χ1v) is 8.80. The molecule has 0 aliphatic carbocycles. The summed E-state index contributed by atoms with van der Waals surface area (Å²) in [6, 6.07) is 3.15. The molecule has 0 saturated carbocycles. The van der Waals surface area contributed by atoms with Crippen LogP contribution in [-0.4, -0.2) is 61.3 Å². The molecule has 21 heavy (non-hydrogen) atoms. The molecule has 0 saturated heterocycles. The predicted molar refractivity (Wildman–Crippen MR) is 78.6 cm³/mol. The van der Waals surface area contributed by atoms with E-state index in [0.29, 0.717) is 0 Å². The minimum absolute atomic E-state index is 0.0342. The third-order valence-corrected chi connectivity index (χ3v) is 5.65. The smallest absolute Gasteiger partial charge is 0.250 e. The lowest BCUT2D eigenvalue weighted by atomic mass is 10.1. The minimum atomic E-state index is -3.55. The standard InChI is InChI=1S/C12H21NO6S2/c1-8(19-9(2)12(16)10(15)7-14)6-13-21(17,18)11-4-3-5-20-11/h3-5,8-10,12-16H,6-7H2,1-2H3/t8-,9?,10+,12?/m0/s1. The van der Waals surface area contributed by atoms with Gasteiger partial charge in [-0.1, -0.05) is 6.07 Å². The summed E-state index contributed by atoms with van der Waals surface area (Å²) in [6.45, 7) is 2.64. The van der Waals surface area contributed by atoms with Crippen LogP contribution < -0.4 is 4.72 Å². The van der Waals surface area contributed by atoms with Crippen molar-refractivity contribution in [3.05, 3.63) is 17.5 Å². The molecule has 0 bridgehead atoms. The molecule has 7 nitrogen and oxygen atoms in total. The number of sulfonamides is 1. The van der Waals surface area contributed by atoms with Gasteiger partial charge in [0.05, 0.1) is 18.8 Å². The van der Waals surface area contributed by atoms with Gasteiger partial charge in [0.25, 0.3) is 0 Å². The quantitative estimate of drug-likeness (QED) is 0.484. The summed E-state index contributed by atoms with van der Waals surface area (Å²) in [4.78, 5) is 0. The number of nitrogens with one attached hydrogen (secondary N) is 1. The average molecular weight is 339 g/mol. The number of hydrogen-bond donors (Lipinski definition) is 4. The Hall–Kier alpha value is -0.550. The van der Waals surface area contributed by atoms with Crippen molar-refractivity contribution in [2.45, 2.75) is 42.5 Å². The lowest BCUT2D eigenvalue weighted by Gasteiger charge is -2.26.